The smallest absolute Gasteiger partial charge is 0.236 e. The van der Waals surface area contributed by atoms with Crippen LogP contribution in [0.4, 0.5) is 0 Å². The van der Waals surface area contributed by atoms with E-state index in [0.29, 0.717) is 12.5 Å². The van der Waals surface area contributed by atoms with Crippen LogP contribution in [0, 0.1) is 5.92 Å². The Labute approximate surface area is 162 Å². The maximum atomic E-state index is 12.6. The van der Waals surface area contributed by atoms with E-state index in [2.05, 4.69) is 28.0 Å². The molecule has 2 saturated heterocycles. The zero-order valence-corrected chi connectivity index (χ0v) is 16.4. The van der Waals surface area contributed by atoms with Crippen LogP contribution in [0.25, 0.3) is 0 Å². The maximum absolute atomic E-state index is 12.6. The van der Waals surface area contributed by atoms with Crippen LogP contribution in [-0.4, -0.2) is 86.7 Å². The topological polar surface area (TPSA) is 45.3 Å². The van der Waals surface area contributed by atoms with Gasteiger partial charge in [-0.15, -0.1) is 0 Å². The third kappa shape index (κ3) is 4.81. The Balaban J connectivity index is 1.20. The number of ether oxygens (including phenoxy) is 2. The third-order valence-corrected chi connectivity index (χ3v) is 5.88. The van der Waals surface area contributed by atoms with Crippen molar-refractivity contribution in [1.82, 2.24) is 14.7 Å². The highest BCUT2D eigenvalue weighted by atomic mass is 16.5. The van der Waals surface area contributed by atoms with Gasteiger partial charge in [0.05, 0.1) is 19.8 Å². The lowest BCUT2D eigenvalue weighted by Crippen LogP contribution is -2.50. The van der Waals surface area contributed by atoms with Crippen molar-refractivity contribution in [2.24, 2.45) is 5.92 Å². The third-order valence-electron chi connectivity index (χ3n) is 5.88. The van der Waals surface area contributed by atoms with Crippen molar-refractivity contribution in [3.05, 3.63) is 29.3 Å². The maximum Gasteiger partial charge on any atom is 0.236 e. The molecule has 0 bridgehead atoms. The summed E-state index contributed by atoms with van der Waals surface area (Å²) in [4.78, 5) is 19.2. The Hall–Kier alpha value is -1.63. The van der Waals surface area contributed by atoms with E-state index in [1.54, 1.807) is 0 Å². The quantitative estimate of drug-likeness (QED) is 0.751. The van der Waals surface area contributed by atoms with Gasteiger partial charge in [0.25, 0.3) is 0 Å². The molecule has 0 spiro atoms. The summed E-state index contributed by atoms with van der Waals surface area (Å²) in [5.41, 5.74) is 2.68. The molecule has 0 N–H and O–H groups in total. The number of carbonyl (C=O) groups is 1. The van der Waals surface area contributed by atoms with E-state index >= 15 is 0 Å². The first kappa shape index (κ1) is 18.7. The van der Waals surface area contributed by atoms with Gasteiger partial charge in [-0.1, -0.05) is 12.1 Å². The molecule has 1 amide bonds. The average Bonchev–Trinajstić information content (AvgIpc) is 3.33. The number of hydrogen-bond acceptors (Lipinski definition) is 5. The molecular weight excluding hydrogens is 342 g/mol. The summed E-state index contributed by atoms with van der Waals surface area (Å²) in [6.07, 6.45) is 2.14. The van der Waals surface area contributed by atoms with E-state index in [-0.39, 0.29) is 5.91 Å². The molecule has 148 valence electrons. The Morgan fingerprint density at radius 1 is 1.22 bits per heavy atom. The summed E-state index contributed by atoms with van der Waals surface area (Å²) in [5.74, 6) is 1.88. The van der Waals surface area contributed by atoms with Crippen LogP contribution in [-0.2, 0) is 22.5 Å². The van der Waals surface area contributed by atoms with Crippen LogP contribution in [0.3, 0.4) is 0 Å². The molecule has 6 heteroatoms. The van der Waals surface area contributed by atoms with Gasteiger partial charge in [-0.3, -0.25) is 14.6 Å². The largest absolute Gasteiger partial charge is 0.493 e. The number of piperazine rings is 1. The zero-order valence-electron chi connectivity index (χ0n) is 16.4. The van der Waals surface area contributed by atoms with E-state index in [0.717, 1.165) is 77.7 Å². The predicted molar refractivity (Wildman–Crippen MR) is 104 cm³/mol. The molecule has 3 aliphatic rings. The van der Waals surface area contributed by atoms with Crippen LogP contribution in [0.5, 0.6) is 5.75 Å². The highest BCUT2D eigenvalue weighted by Gasteiger charge is 2.24. The minimum absolute atomic E-state index is 0.255. The lowest BCUT2D eigenvalue weighted by molar-refractivity contribution is -0.134. The number of hydrogen-bond donors (Lipinski definition) is 0. The van der Waals surface area contributed by atoms with Gasteiger partial charge < -0.3 is 14.4 Å². The summed E-state index contributed by atoms with van der Waals surface area (Å²) in [5, 5.41) is 0. The van der Waals surface area contributed by atoms with Crippen molar-refractivity contribution in [1.29, 1.82) is 0 Å². The normalized spacial score (nSPS) is 22.9. The average molecular weight is 373 g/mol. The lowest BCUT2D eigenvalue weighted by atomic mass is 10.1. The first-order valence-corrected chi connectivity index (χ1v) is 10.2. The number of fused-ring (bicyclic) bond motifs is 1. The Morgan fingerprint density at radius 2 is 2.07 bits per heavy atom. The Kier molecular flexibility index (Phi) is 5.95. The van der Waals surface area contributed by atoms with E-state index < -0.39 is 0 Å². The van der Waals surface area contributed by atoms with E-state index in [1.165, 1.54) is 11.1 Å². The lowest BCUT2D eigenvalue weighted by Gasteiger charge is -2.35. The Morgan fingerprint density at radius 3 is 2.85 bits per heavy atom. The van der Waals surface area contributed by atoms with Gasteiger partial charge in [0.15, 0.2) is 0 Å². The van der Waals surface area contributed by atoms with E-state index in [9.17, 15) is 4.79 Å². The Bertz CT molecular complexity index is 652. The summed E-state index contributed by atoms with van der Waals surface area (Å²) in [6, 6.07) is 6.55. The monoisotopic (exact) mass is 373 g/mol. The fourth-order valence-electron chi connectivity index (χ4n) is 4.32. The minimum Gasteiger partial charge on any atom is -0.493 e. The van der Waals surface area contributed by atoms with Crippen molar-refractivity contribution in [2.45, 2.75) is 19.4 Å². The molecular formula is C21H31N3O3. The molecule has 1 aromatic carbocycles. The second-order valence-corrected chi connectivity index (χ2v) is 8.12. The second kappa shape index (κ2) is 8.59. The molecule has 1 aromatic rings. The van der Waals surface area contributed by atoms with Crippen LogP contribution in [0.1, 0.15) is 17.5 Å². The van der Waals surface area contributed by atoms with E-state index in [4.69, 9.17) is 9.47 Å². The number of amides is 1. The van der Waals surface area contributed by atoms with Crippen LogP contribution < -0.4 is 4.74 Å². The second-order valence-electron chi connectivity index (χ2n) is 8.12. The predicted octanol–water partition coefficient (Wildman–Crippen LogP) is 1.23. The number of likely N-dealkylation sites (N-methyl/N-ethyl adjacent to an activating group) is 1. The molecule has 1 atom stereocenters. The van der Waals surface area contributed by atoms with Gasteiger partial charge in [0, 0.05) is 52.3 Å². The summed E-state index contributed by atoms with van der Waals surface area (Å²) < 4.78 is 11.0. The molecule has 4 rings (SSSR count). The van der Waals surface area contributed by atoms with Gasteiger partial charge in [0.1, 0.15) is 5.75 Å². The first-order chi connectivity index (χ1) is 13.2. The molecule has 27 heavy (non-hydrogen) atoms. The van der Waals surface area contributed by atoms with Gasteiger partial charge in [-0.25, -0.2) is 0 Å². The van der Waals surface area contributed by atoms with Crippen molar-refractivity contribution in [3.63, 3.8) is 0 Å². The molecule has 0 saturated carbocycles. The van der Waals surface area contributed by atoms with Gasteiger partial charge in [0.2, 0.25) is 5.91 Å². The first-order valence-electron chi connectivity index (χ1n) is 10.2. The zero-order chi connectivity index (χ0) is 18.6. The number of carbonyl (C=O) groups excluding carboxylic acids is 1. The van der Waals surface area contributed by atoms with Crippen molar-refractivity contribution < 1.29 is 14.3 Å². The molecule has 0 aromatic heterocycles. The minimum atomic E-state index is 0.255. The highest BCUT2D eigenvalue weighted by Crippen LogP contribution is 2.26. The SMILES string of the molecule is CN(CC(=O)N1CCN(Cc2ccc3c(c2)CCO3)CC1)CC1CCOC1. The summed E-state index contributed by atoms with van der Waals surface area (Å²) in [7, 11) is 2.05. The van der Waals surface area contributed by atoms with Crippen molar-refractivity contribution in [2.75, 3.05) is 66.1 Å². The number of nitrogens with zero attached hydrogens (tertiary/aromatic N) is 3. The fourth-order valence-corrected chi connectivity index (χ4v) is 4.32. The highest BCUT2D eigenvalue weighted by molar-refractivity contribution is 5.78. The molecule has 0 aliphatic carbocycles. The molecule has 2 fully saturated rings. The van der Waals surface area contributed by atoms with Crippen LogP contribution in [0.15, 0.2) is 18.2 Å². The number of benzene rings is 1. The molecule has 6 nitrogen and oxygen atoms in total. The molecule has 3 heterocycles. The van der Waals surface area contributed by atoms with Crippen LogP contribution >= 0.6 is 0 Å². The van der Waals surface area contributed by atoms with Gasteiger partial charge in [-0.2, -0.15) is 0 Å². The fraction of sp³-hybridized carbons (Fsp3) is 0.667. The summed E-state index contributed by atoms with van der Waals surface area (Å²) in [6.45, 7) is 8.48. The number of rotatable bonds is 6. The molecule has 3 aliphatic heterocycles. The standard InChI is InChI=1S/C21H31N3O3/c1-22(13-18-4-10-26-16-18)15-21(25)24-8-6-23(7-9-24)14-17-2-3-20-19(12-17)5-11-27-20/h2-3,12,18H,4-11,13-16H2,1H3. The van der Waals surface area contributed by atoms with Gasteiger partial charge in [-0.05, 0) is 36.6 Å². The van der Waals surface area contributed by atoms with Crippen LogP contribution in [0.2, 0.25) is 0 Å². The van der Waals surface area contributed by atoms with Gasteiger partial charge >= 0.3 is 0 Å². The van der Waals surface area contributed by atoms with E-state index in [1.807, 2.05) is 11.9 Å². The molecule has 0 radical (unpaired) electrons. The van der Waals surface area contributed by atoms with Crippen molar-refractivity contribution >= 4 is 5.91 Å². The molecule has 1 unspecified atom stereocenters. The summed E-state index contributed by atoms with van der Waals surface area (Å²) >= 11 is 0. The van der Waals surface area contributed by atoms with Crippen molar-refractivity contribution in [3.8, 4) is 5.75 Å².